The van der Waals surface area contributed by atoms with Gasteiger partial charge in [-0.05, 0) is 34.7 Å². The van der Waals surface area contributed by atoms with Crippen molar-refractivity contribution >= 4 is 5.91 Å². The fourth-order valence-electron chi connectivity index (χ4n) is 0.980. The van der Waals surface area contributed by atoms with E-state index in [1.54, 1.807) is 0 Å². The molecule has 1 amide bonds. The molecule has 84 valence electrons. The maximum absolute atomic E-state index is 11.5. The number of nitrogens with one attached hydrogen (secondary N) is 1. The molecule has 0 heterocycles. The summed E-state index contributed by atoms with van der Waals surface area (Å²) in [7, 11) is 1.82. The second-order valence-corrected chi connectivity index (χ2v) is 4.74. The number of aliphatic hydroxyl groups is 1. The number of nitrogens with zero attached hydrogens (tertiary/aromatic N) is 1. The SMILES string of the molecule is CC(CO)N(C)CC(=O)NC(C)(C)C. The summed E-state index contributed by atoms with van der Waals surface area (Å²) in [5.74, 6) is -0.0136. The second-order valence-electron chi connectivity index (χ2n) is 4.74. The molecule has 0 radical (unpaired) electrons. The third-order valence-electron chi connectivity index (χ3n) is 1.92. The van der Waals surface area contributed by atoms with Crippen LogP contribution in [0.3, 0.4) is 0 Å². The van der Waals surface area contributed by atoms with Crippen molar-refractivity contribution in [1.29, 1.82) is 0 Å². The molecule has 1 unspecified atom stereocenters. The van der Waals surface area contributed by atoms with Gasteiger partial charge in [0.2, 0.25) is 5.91 Å². The van der Waals surface area contributed by atoms with Gasteiger partial charge >= 0.3 is 0 Å². The molecule has 0 spiro atoms. The average molecular weight is 202 g/mol. The first kappa shape index (κ1) is 13.4. The lowest BCUT2D eigenvalue weighted by atomic mass is 10.1. The molecule has 0 saturated carbocycles. The number of likely N-dealkylation sites (N-methyl/N-ethyl adjacent to an activating group) is 1. The normalized spacial score (nSPS) is 14.2. The van der Waals surface area contributed by atoms with Crippen molar-refractivity contribution in [3.63, 3.8) is 0 Å². The fraction of sp³-hybridized carbons (Fsp3) is 0.900. The van der Waals surface area contributed by atoms with E-state index in [-0.39, 0.29) is 24.1 Å². The van der Waals surface area contributed by atoms with Crippen LogP contribution in [-0.2, 0) is 4.79 Å². The van der Waals surface area contributed by atoms with Crippen molar-refractivity contribution in [2.75, 3.05) is 20.2 Å². The third-order valence-corrected chi connectivity index (χ3v) is 1.92. The first-order valence-electron chi connectivity index (χ1n) is 4.88. The van der Waals surface area contributed by atoms with Crippen molar-refractivity contribution in [2.24, 2.45) is 0 Å². The van der Waals surface area contributed by atoms with Crippen LogP contribution < -0.4 is 5.32 Å². The van der Waals surface area contributed by atoms with Gasteiger partial charge in [0.05, 0.1) is 13.2 Å². The monoisotopic (exact) mass is 202 g/mol. The highest BCUT2D eigenvalue weighted by atomic mass is 16.3. The molecule has 4 nitrogen and oxygen atoms in total. The average Bonchev–Trinajstić information content (AvgIpc) is 1.99. The van der Waals surface area contributed by atoms with E-state index in [9.17, 15) is 4.79 Å². The van der Waals surface area contributed by atoms with Gasteiger partial charge in [-0.3, -0.25) is 9.69 Å². The highest BCUT2D eigenvalue weighted by Gasteiger charge is 2.16. The predicted octanol–water partition coefficient (Wildman–Crippen LogP) is 0.214. The Hall–Kier alpha value is -0.610. The molecule has 0 aliphatic carbocycles. The molecule has 0 fully saturated rings. The summed E-state index contributed by atoms with van der Waals surface area (Å²) in [6.07, 6.45) is 0. The molecule has 0 saturated heterocycles. The zero-order valence-electron chi connectivity index (χ0n) is 9.79. The summed E-state index contributed by atoms with van der Waals surface area (Å²) >= 11 is 0. The van der Waals surface area contributed by atoms with Crippen molar-refractivity contribution in [1.82, 2.24) is 10.2 Å². The first-order valence-corrected chi connectivity index (χ1v) is 4.88. The molecular weight excluding hydrogens is 180 g/mol. The van der Waals surface area contributed by atoms with E-state index in [0.717, 1.165) is 0 Å². The number of carbonyl (C=O) groups excluding carboxylic acids is 1. The van der Waals surface area contributed by atoms with Crippen LogP contribution in [0, 0.1) is 0 Å². The number of aliphatic hydroxyl groups excluding tert-OH is 1. The van der Waals surface area contributed by atoms with Crippen molar-refractivity contribution in [3.8, 4) is 0 Å². The van der Waals surface area contributed by atoms with Crippen LogP contribution in [0.2, 0.25) is 0 Å². The van der Waals surface area contributed by atoms with Crippen LogP contribution in [0.15, 0.2) is 0 Å². The van der Waals surface area contributed by atoms with E-state index in [4.69, 9.17) is 5.11 Å². The molecule has 0 aromatic carbocycles. The van der Waals surface area contributed by atoms with E-state index < -0.39 is 0 Å². The highest BCUT2D eigenvalue weighted by molar-refractivity contribution is 5.78. The van der Waals surface area contributed by atoms with Gasteiger partial charge in [-0.2, -0.15) is 0 Å². The largest absolute Gasteiger partial charge is 0.395 e. The lowest BCUT2D eigenvalue weighted by Crippen LogP contribution is -2.47. The van der Waals surface area contributed by atoms with Gasteiger partial charge in [0.15, 0.2) is 0 Å². The lowest BCUT2D eigenvalue weighted by Gasteiger charge is -2.25. The Bertz CT molecular complexity index is 187. The van der Waals surface area contributed by atoms with E-state index in [1.807, 2.05) is 39.6 Å². The second kappa shape index (κ2) is 5.32. The standard InChI is InChI=1S/C10H22N2O2/c1-8(7-13)12(5)6-9(14)11-10(2,3)4/h8,13H,6-7H2,1-5H3,(H,11,14). The molecule has 0 aliphatic rings. The van der Waals surface area contributed by atoms with Crippen LogP contribution in [0.5, 0.6) is 0 Å². The zero-order chi connectivity index (χ0) is 11.4. The molecule has 2 N–H and O–H groups in total. The van der Waals surface area contributed by atoms with Gasteiger partial charge in [-0.25, -0.2) is 0 Å². The van der Waals surface area contributed by atoms with Gasteiger partial charge in [0.25, 0.3) is 0 Å². The molecule has 0 rings (SSSR count). The van der Waals surface area contributed by atoms with Crippen molar-refractivity contribution in [2.45, 2.75) is 39.3 Å². The van der Waals surface area contributed by atoms with Gasteiger partial charge < -0.3 is 10.4 Å². The summed E-state index contributed by atoms with van der Waals surface area (Å²) in [5, 5.41) is 11.7. The highest BCUT2D eigenvalue weighted by Crippen LogP contribution is 1.99. The minimum Gasteiger partial charge on any atom is -0.395 e. The van der Waals surface area contributed by atoms with E-state index in [2.05, 4.69) is 5.32 Å². The number of carbonyl (C=O) groups is 1. The Morgan fingerprint density at radius 3 is 2.36 bits per heavy atom. The molecule has 0 aliphatic heterocycles. The molecule has 4 heteroatoms. The molecular formula is C10H22N2O2. The van der Waals surface area contributed by atoms with E-state index in [1.165, 1.54) is 0 Å². The summed E-state index contributed by atoms with van der Waals surface area (Å²) in [5.41, 5.74) is -0.194. The summed E-state index contributed by atoms with van der Waals surface area (Å²) in [6.45, 7) is 8.10. The number of hydrogen-bond acceptors (Lipinski definition) is 3. The summed E-state index contributed by atoms with van der Waals surface area (Å²) in [6, 6.07) is 0.0146. The van der Waals surface area contributed by atoms with Gasteiger partial charge in [0.1, 0.15) is 0 Å². The maximum atomic E-state index is 11.5. The van der Waals surface area contributed by atoms with Crippen LogP contribution >= 0.6 is 0 Å². The zero-order valence-corrected chi connectivity index (χ0v) is 9.79. The van der Waals surface area contributed by atoms with Crippen molar-refractivity contribution in [3.05, 3.63) is 0 Å². The van der Waals surface area contributed by atoms with Gasteiger partial charge in [-0.1, -0.05) is 0 Å². The number of hydrogen-bond donors (Lipinski definition) is 2. The van der Waals surface area contributed by atoms with Crippen molar-refractivity contribution < 1.29 is 9.90 Å². The molecule has 14 heavy (non-hydrogen) atoms. The fourth-order valence-corrected chi connectivity index (χ4v) is 0.980. The Kier molecular flexibility index (Phi) is 5.08. The van der Waals surface area contributed by atoms with E-state index in [0.29, 0.717) is 6.54 Å². The third kappa shape index (κ3) is 5.94. The number of rotatable bonds is 4. The van der Waals surface area contributed by atoms with Crippen LogP contribution in [0.4, 0.5) is 0 Å². The Morgan fingerprint density at radius 2 is 2.00 bits per heavy atom. The van der Waals surface area contributed by atoms with Crippen LogP contribution in [0.25, 0.3) is 0 Å². The molecule has 0 aromatic rings. The number of amides is 1. The summed E-state index contributed by atoms with van der Waals surface area (Å²) < 4.78 is 0. The maximum Gasteiger partial charge on any atom is 0.234 e. The first-order chi connectivity index (χ1) is 6.26. The predicted molar refractivity (Wildman–Crippen MR) is 57.1 cm³/mol. The molecule has 0 aromatic heterocycles. The smallest absolute Gasteiger partial charge is 0.234 e. The van der Waals surface area contributed by atoms with Gasteiger partial charge in [-0.15, -0.1) is 0 Å². The molecule has 0 bridgehead atoms. The Morgan fingerprint density at radius 1 is 1.50 bits per heavy atom. The van der Waals surface area contributed by atoms with Crippen LogP contribution in [-0.4, -0.2) is 47.7 Å². The minimum absolute atomic E-state index is 0.0136. The van der Waals surface area contributed by atoms with Gasteiger partial charge in [0, 0.05) is 11.6 Å². The minimum atomic E-state index is -0.194. The Labute approximate surface area is 86.3 Å². The quantitative estimate of drug-likeness (QED) is 0.685. The Balaban J connectivity index is 3.95. The molecule has 1 atom stereocenters. The lowest BCUT2D eigenvalue weighted by molar-refractivity contribution is -0.123. The summed E-state index contributed by atoms with van der Waals surface area (Å²) in [4.78, 5) is 13.3. The topological polar surface area (TPSA) is 52.6 Å². The van der Waals surface area contributed by atoms with Crippen LogP contribution in [0.1, 0.15) is 27.7 Å². The van der Waals surface area contributed by atoms with E-state index >= 15 is 0 Å².